The summed E-state index contributed by atoms with van der Waals surface area (Å²) in [4.78, 5) is 20.5. The van der Waals surface area contributed by atoms with E-state index in [4.69, 9.17) is 26.3 Å². The Morgan fingerprint density at radius 1 is 1.21 bits per heavy atom. The van der Waals surface area contributed by atoms with Gasteiger partial charge in [0, 0.05) is 22.9 Å². The van der Waals surface area contributed by atoms with Gasteiger partial charge < -0.3 is 14.8 Å². The van der Waals surface area contributed by atoms with E-state index in [9.17, 15) is 4.79 Å². The SMILES string of the molecule is COc1cc(OC2C(C)(C)C(NC(=O)c3cnc(Cl)cn3)C2(C)C)ccc1C#N. The van der Waals surface area contributed by atoms with Crippen molar-refractivity contribution in [3.63, 3.8) is 0 Å². The molecule has 1 aromatic carbocycles. The number of carbonyl (C=O) groups excluding carboxylic acids is 1. The van der Waals surface area contributed by atoms with Gasteiger partial charge in [-0.3, -0.25) is 4.79 Å². The molecule has 1 amide bonds. The minimum absolute atomic E-state index is 0.148. The van der Waals surface area contributed by atoms with Gasteiger partial charge in [0.1, 0.15) is 34.5 Å². The summed E-state index contributed by atoms with van der Waals surface area (Å²) in [5.41, 5.74) is -0.0382. The van der Waals surface area contributed by atoms with Gasteiger partial charge in [-0.1, -0.05) is 39.3 Å². The van der Waals surface area contributed by atoms with Crippen LogP contribution in [-0.2, 0) is 0 Å². The first-order valence-corrected chi connectivity index (χ1v) is 9.52. The molecule has 0 atom stereocenters. The van der Waals surface area contributed by atoms with Crippen molar-refractivity contribution in [2.45, 2.75) is 39.8 Å². The maximum atomic E-state index is 12.6. The van der Waals surface area contributed by atoms with Crippen LogP contribution in [0.25, 0.3) is 0 Å². The molecule has 29 heavy (non-hydrogen) atoms. The average Bonchev–Trinajstić information content (AvgIpc) is 2.69. The summed E-state index contributed by atoms with van der Waals surface area (Å²) in [5, 5.41) is 12.4. The van der Waals surface area contributed by atoms with Crippen LogP contribution in [0.1, 0.15) is 43.7 Å². The molecular formula is C21H23ClN4O3. The summed E-state index contributed by atoms with van der Waals surface area (Å²) in [5.74, 6) is 0.769. The average molecular weight is 415 g/mol. The minimum Gasteiger partial charge on any atom is -0.495 e. The lowest BCUT2D eigenvalue weighted by atomic mass is 9.49. The van der Waals surface area contributed by atoms with Crippen LogP contribution in [0.4, 0.5) is 0 Å². The van der Waals surface area contributed by atoms with E-state index in [1.165, 1.54) is 19.5 Å². The predicted octanol–water partition coefficient (Wildman–Crippen LogP) is 3.62. The second-order valence-corrected chi connectivity index (χ2v) is 8.63. The zero-order valence-electron chi connectivity index (χ0n) is 17.0. The zero-order chi connectivity index (χ0) is 21.4. The Balaban J connectivity index is 1.77. The fourth-order valence-corrected chi connectivity index (χ4v) is 4.51. The number of methoxy groups -OCH3 is 1. The van der Waals surface area contributed by atoms with Gasteiger partial charge in [-0.25, -0.2) is 9.97 Å². The molecule has 2 aromatic rings. The molecule has 7 nitrogen and oxygen atoms in total. The number of halogens is 1. The number of nitriles is 1. The van der Waals surface area contributed by atoms with E-state index in [0.717, 1.165) is 0 Å². The molecule has 3 rings (SSSR count). The number of nitrogens with one attached hydrogen (secondary N) is 1. The fourth-order valence-electron chi connectivity index (χ4n) is 4.41. The van der Waals surface area contributed by atoms with Crippen LogP contribution in [-0.4, -0.2) is 35.1 Å². The van der Waals surface area contributed by atoms with Crippen LogP contribution in [0.5, 0.6) is 11.5 Å². The number of rotatable bonds is 5. The van der Waals surface area contributed by atoms with E-state index in [0.29, 0.717) is 17.1 Å². The Labute approximate surface area is 175 Å². The molecule has 152 valence electrons. The Kier molecular flexibility index (Phi) is 5.42. The molecule has 0 unspecified atom stereocenters. The lowest BCUT2D eigenvalue weighted by molar-refractivity contribution is -0.164. The van der Waals surface area contributed by atoms with Gasteiger partial charge in [0.05, 0.1) is 25.1 Å². The summed E-state index contributed by atoms with van der Waals surface area (Å²) in [7, 11) is 1.52. The van der Waals surface area contributed by atoms with E-state index in [-0.39, 0.29) is 39.7 Å². The van der Waals surface area contributed by atoms with E-state index < -0.39 is 0 Å². The molecule has 0 aliphatic heterocycles. The third-order valence-corrected chi connectivity index (χ3v) is 5.71. The lowest BCUT2D eigenvalue weighted by Gasteiger charge is -2.63. The van der Waals surface area contributed by atoms with E-state index in [1.54, 1.807) is 18.2 Å². The Morgan fingerprint density at radius 3 is 2.45 bits per heavy atom. The standard InChI is InChI=1S/C21H23ClN4O3/c1-20(2)18(26-17(27)14-10-25-16(22)11-24-14)21(3,4)19(20)29-13-7-6-12(9-23)15(8-13)28-5/h6-8,10-11,18-19H,1-5H3,(H,26,27). The van der Waals surface area contributed by atoms with Crippen molar-refractivity contribution in [2.24, 2.45) is 10.8 Å². The Bertz CT molecular complexity index is 951. The molecule has 1 aliphatic carbocycles. The van der Waals surface area contributed by atoms with Crippen molar-refractivity contribution in [3.05, 3.63) is 47.0 Å². The van der Waals surface area contributed by atoms with Crippen LogP contribution in [0.3, 0.4) is 0 Å². The first kappa shape index (κ1) is 20.9. The van der Waals surface area contributed by atoms with E-state index in [1.807, 2.05) is 27.7 Å². The number of nitrogens with zero attached hydrogens (tertiary/aromatic N) is 3. The molecule has 1 aromatic heterocycles. The zero-order valence-corrected chi connectivity index (χ0v) is 17.7. The maximum Gasteiger partial charge on any atom is 0.271 e. The Hall–Kier alpha value is -2.85. The number of carbonyl (C=O) groups is 1. The predicted molar refractivity (Wildman–Crippen MR) is 108 cm³/mol. The molecule has 0 spiro atoms. The third-order valence-electron chi connectivity index (χ3n) is 5.52. The molecule has 0 radical (unpaired) electrons. The second kappa shape index (κ2) is 7.53. The number of ether oxygens (including phenoxy) is 2. The van der Waals surface area contributed by atoms with Gasteiger partial charge >= 0.3 is 0 Å². The van der Waals surface area contributed by atoms with Crippen molar-refractivity contribution in [2.75, 3.05) is 7.11 Å². The smallest absolute Gasteiger partial charge is 0.271 e. The molecule has 1 N–H and O–H groups in total. The van der Waals surface area contributed by atoms with Gasteiger partial charge in [0.2, 0.25) is 0 Å². The van der Waals surface area contributed by atoms with Crippen LogP contribution in [0.2, 0.25) is 5.15 Å². The van der Waals surface area contributed by atoms with Gasteiger partial charge in [-0.15, -0.1) is 0 Å². The van der Waals surface area contributed by atoms with Gasteiger partial charge in [-0.05, 0) is 12.1 Å². The monoisotopic (exact) mass is 414 g/mol. The summed E-state index contributed by atoms with van der Waals surface area (Å²) >= 11 is 5.74. The van der Waals surface area contributed by atoms with Crippen molar-refractivity contribution < 1.29 is 14.3 Å². The van der Waals surface area contributed by atoms with Crippen molar-refractivity contribution >= 4 is 17.5 Å². The normalized spacial score (nSPS) is 21.4. The highest BCUT2D eigenvalue weighted by molar-refractivity contribution is 6.29. The summed E-state index contributed by atoms with van der Waals surface area (Å²) in [6, 6.07) is 7.07. The van der Waals surface area contributed by atoms with Crippen molar-refractivity contribution in [1.82, 2.24) is 15.3 Å². The van der Waals surface area contributed by atoms with Gasteiger partial charge in [-0.2, -0.15) is 5.26 Å². The highest BCUT2D eigenvalue weighted by Crippen LogP contribution is 2.55. The highest BCUT2D eigenvalue weighted by atomic mass is 35.5. The van der Waals surface area contributed by atoms with Gasteiger partial charge in [0.15, 0.2) is 0 Å². The Morgan fingerprint density at radius 2 is 1.90 bits per heavy atom. The molecule has 8 heteroatoms. The molecule has 1 heterocycles. The lowest BCUT2D eigenvalue weighted by Crippen LogP contribution is -2.74. The molecule has 1 saturated carbocycles. The first-order chi connectivity index (χ1) is 13.6. The minimum atomic E-state index is -0.347. The molecule has 0 saturated heterocycles. The van der Waals surface area contributed by atoms with Crippen molar-refractivity contribution in [1.29, 1.82) is 5.26 Å². The molecular weight excluding hydrogens is 392 g/mol. The van der Waals surface area contributed by atoms with Crippen LogP contribution < -0.4 is 14.8 Å². The number of benzene rings is 1. The summed E-state index contributed by atoms with van der Waals surface area (Å²) in [6.45, 7) is 8.18. The van der Waals surface area contributed by atoms with E-state index >= 15 is 0 Å². The fraction of sp³-hybridized carbons (Fsp3) is 0.429. The van der Waals surface area contributed by atoms with Crippen LogP contribution >= 0.6 is 11.6 Å². The largest absolute Gasteiger partial charge is 0.495 e. The number of amides is 1. The summed E-state index contributed by atoms with van der Waals surface area (Å²) < 4.78 is 11.5. The second-order valence-electron chi connectivity index (χ2n) is 8.25. The summed E-state index contributed by atoms with van der Waals surface area (Å²) in [6.07, 6.45) is 2.53. The molecule has 1 aliphatic rings. The quantitative estimate of drug-likeness (QED) is 0.802. The highest BCUT2D eigenvalue weighted by Gasteiger charge is 2.64. The van der Waals surface area contributed by atoms with Crippen LogP contribution in [0, 0.1) is 22.2 Å². The third kappa shape index (κ3) is 3.73. The van der Waals surface area contributed by atoms with E-state index in [2.05, 4.69) is 21.4 Å². The first-order valence-electron chi connectivity index (χ1n) is 9.14. The van der Waals surface area contributed by atoms with Gasteiger partial charge in [0.25, 0.3) is 5.91 Å². The van der Waals surface area contributed by atoms with Crippen molar-refractivity contribution in [3.8, 4) is 17.6 Å². The molecule has 0 bridgehead atoms. The number of aromatic nitrogens is 2. The number of hydrogen-bond donors (Lipinski definition) is 1. The van der Waals surface area contributed by atoms with Crippen LogP contribution in [0.15, 0.2) is 30.6 Å². The molecule has 1 fully saturated rings. The topological polar surface area (TPSA) is 97.1 Å². The number of hydrogen-bond acceptors (Lipinski definition) is 6. The maximum absolute atomic E-state index is 12.6.